The highest BCUT2D eigenvalue weighted by molar-refractivity contribution is 8.24. The molecule has 0 amide bonds. The summed E-state index contributed by atoms with van der Waals surface area (Å²) in [6.07, 6.45) is 1.01. The highest BCUT2D eigenvalue weighted by Gasteiger charge is 2.50. The lowest BCUT2D eigenvalue weighted by atomic mass is 10.0. The molecule has 0 aromatic heterocycles. The number of ether oxygens (including phenoxy) is 1. The number of hydrogen-bond acceptors (Lipinski definition) is 1. The van der Waals surface area contributed by atoms with Crippen LogP contribution in [-0.2, 0) is 10.3 Å². The van der Waals surface area contributed by atoms with Gasteiger partial charge in [-0.2, -0.15) is 7.77 Å². The van der Waals surface area contributed by atoms with E-state index >= 15 is 0 Å². The van der Waals surface area contributed by atoms with E-state index in [9.17, 15) is 7.77 Å². The Hall–Kier alpha value is -0.610. The molecule has 1 heterocycles. The molecule has 1 nitrogen and oxygen atoms in total. The number of hydrogen-bond donors (Lipinski definition) is 0. The van der Waals surface area contributed by atoms with Crippen LogP contribution in [0.15, 0.2) is 30.3 Å². The van der Waals surface area contributed by atoms with Crippen LogP contribution in [0, 0.1) is 0 Å². The lowest BCUT2D eigenvalue weighted by Gasteiger charge is -2.20. The van der Waals surface area contributed by atoms with E-state index in [4.69, 9.17) is 4.74 Å². The van der Waals surface area contributed by atoms with Gasteiger partial charge in [-0.25, -0.2) is 0 Å². The van der Waals surface area contributed by atoms with Crippen LogP contribution >= 0.6 is 10.8 Å². The Morgan fingerprint density at radius 3 is 2.36 bits per heavy atom. The third-order valence-electron chi connectivity index (χ3n) is 2.28. The molecule has 1 aliphatic heterocycles. The van der Waals surface area contributed by atoms with E-state index in [2.05, 4.69) is 0 Å². The van der Waals surface area contributed by atoms with Crippen molar-refractivity contribution in [2.75, 3.05) is 18.6 Å². The van der Waals surface area contributed by atoms with Gasteiger partial charge in [-0.05, 0) is 5.56 Å². The largest absolute Gasteiger partial charge is 0.363 e. The van der Waals surface area contributed by atoms with Crippen LogP contribution in [0.4, 0.5) is 7.77 Å². The van der Waals surface area contributed by atoms with Crippen LogP contribution < -0.4 is 0 Å². The zero-order valence-electron chi connectivity index (χ0n) is 7.87. The van der Waals surface area contributed by atoms with E-state index in [0.29, 0.717) is 6.61 Å². The van der Waals surface area contributed by atoms with Crippen molar-refractivity contribution in [1.29, 1.82) is 0 Å². The van der Waals surface area contributed by atoms with Gasteiger partial charge in [0.25, 0.3) is 0 Å². The van der Waals surface area contributed by atoms with E-state index in [1.165, 1.54) is 0 Å². The summed E-state index contributed by atoms with van der Waals surface area (Å²) in [4.78, 5) is 0. The van der Waals surface area contributed by atoms with Gasteiger partial charge in [-0.1, -0.05) is 30.3 Å². The molecule has 78 valence electrons. The van der Waals surface area contributed by atoms with Crippen molar-refractivity contribution >= 4 is 10.8 Å². The molecule has 0 spiro atoms. The van der Waals surface area contributed by atoms with E-state index in [0.717, 1.165) is 11.8 Å². The van der Waals surface area contributed by atoms with Crippen LogP contribution in [0.3, 0.4) is 0 Å². The van der Waals surface area contributed by atoms with Crippen LogP contribution in [-0.4, -0.2) is 18.6 Å². The third kappa shape index (κ3) is 2.07. The van der Waals surface area contributed by atoms with E-state index in [-0.39, 0.29) is 5.75 Å². The van der Waals surface area contributed by atoms with Crippen molar-refractivity contribution < 1.29 is 12.5 Å². The van der Waals surface area contributed by atoms with Crippen LogP contribution in [0.1, 0.15) is 5.56 Å². The van der Waals surface area contributed by atoms with Crippen molar-refractivity contribution in [3.8, 4) is 0 Å². The van der Waals surface area contributed by atoms with Crippen molar-refractivity contribution in [3.05, 3.63) is 35.9 Å². The first-order valence-corrected chi connectivity index (χ1v) is 6.38. The predicted molar refractivity (Wildman–Crippen MR) is 54.7 cm³/mol. The fraction of sp³-hybridized carbons (Fsp3) is 0.400. The molecule has 0 N–H and O–H groups in total. The average molecular weight is 218 g/mol. The van der Waals surface area contributed by atoms with Gasteiger partial charge in [-0.15, -0.1) is 0 Å². The summed E-state index contributed by atoms with van der Waals surface area (Å²) in [6, 6.07) is 9.26. The summed E-state index contributed by atoms with van der Waals surface area (Å²) < 4.78 is 31.1. The van der Waals surface area contributed by atoms with Crippen LogP contribution in [0.5, 0.6) is 0 Å². The second kappa shape index (κ2) is 3.21. The zero-order chi connectivity index (χ0) is 10.2. The predicted octanol–water partition coefficient (Wildman–Crippen LogP) is 3.12. The molecule has 1 unspecified atom stereocenters. The fourth-order valence-electron chi connectivity index (χ4n) is 1.57. The molecule has 0 saturated carbocycles. The zero-order valence-corrected chi connectivity index (χ0v) is 8.69. The Balaban J connectivity index is 2.18. The number of rotatable bonds is 3. The monoisotopic (exact) mass is 218 g/mol. The molecule has 1 aromatic rings. The van der Waals surface area contributed by atoms with Crippen LogP contribution in [0.2, 0.25) is 0 Å². The van der Waals surface area contributed by atoms with Gasteiger partial charge in [-0.3, -0.25) is 0 Å². The van der Waals surface area contributed by atoms with Gasteiger partial charge in [0.15, 0.2) is 0 Å². The van der Waals surface area contributed by atoms with Gasteiger partial charge < -0.3 is 4.74 Å². The van der Waals surface area contributed by atoms with Gasteiger partial charge in [0.05, 0.1) is 23.2 Å². The highest BCUT2D eigenvalue weighted by Crippen LogP contribution is 2.56. The smallest absolute Gasteiger partial charge is 0.129 e. The second-order valence-corrected chi connectivity index (χ2v) is 5.70. The van der Waals surface area contributed by atoms with Crippen molar-refractivity contribution in [2.45, 2.75) is 5.60 Å². The van der Waals surface area contributed by atoms with Gasteiger partial charge >= 0.3 is 0 Å². The molecular formula is C10H12F2OS. The molecule has 1 aromatic carbocycles. The third-order valence-corrected chi connectivity index (χ3v) is 3.25. The lowest BCUT2D eigenvalue weighted by molar-refractivity contribution is 0.330. The SMILES string of the molecule is CS(F)(F)CC1(c2ccccc2)CO1. The lowest BCUT2D eigenvalue weighted by Crippen LogP contribution is -2.16. The molecule has 14 heavy (non-hydrogen) atoms. The van der Waals surface area contributed by atoms with Gasteiger partial charge in [0.2, 0.25) is 0 Å². The number of halogens is 2. The minimum absolute atomic E-state index is 0.149. The molecular weight excluding hydrogens is 206 g/mol. The maximum atomic E-state index is 12.9. The van der Waals surface area contributed by atoms with Crippen molar-refractivity contribution in [2.24, 2.45) is 0 Å². The Morgan fingerprint density at radius 2 is 1.93 bits per heavy atom. The molecule has 1 aliphatic rings. The normalized spacial score (nSPS) is 27.4. The summed E-state index contributed by atoms with van der Waals surface area (Å²) >= 11 is 0. The second-order valence-electron chi connectivity index (χ2n) is 3.67. The fourth-order valence-corrected chi connectivity index (χ4v) is 2.72. The summed E-state index contributed by atoms with van der Waals surface area (Å²) in [7, 11) is -3.49. The molecule has 0 aliphatic carbocycles. The maximum Gasteiger partial charge on any atom is 0.129 e. The number of benzene rings is 1. The highest BCUT2D eigenvalue weighted by atomic mass is 32.3. The average Bonchev–Trinajstić information content (AvgIpc) is 2.85. The van der Waals surface area contributed by atoms with Crippen LogP contribution in [0.25, 0.3) is 0 Å². The molecule has 0 bridgehead atoms. The molecule has 2 rings (SSSR count). The Morgan fingerprint density at radius 1 is 1.36 bits per heavy atom. The summed E-state index contributed by atoms with van der Waals surface area (Å²) in [5, 5.41) is 0. The Kier molecular flexibility index (Phi) is 2.27. The van der Waals surface area contributed by atoms with Gasteiger partial charge in [0, 0.05) is 6.26 Å². The maximum absolute atomic E-state index is 12.9. The first-order chi connectivity index (χ1) is 6.52. The summed E-state index contributed by atoms with van der Waals surface area (Å²) in [5.74, 6) is -0.149. The minimum Gasteiger partial charge on any atom is -0.363 e. The molecule has 1 atom stereocenters. The van der Waals surface area contributed by atoms with E-state index in [1.807, 2.05) is 30.3 Å². The summed E-state index contributed by atoms with van der Waals surface area (Å²) in [5.41, 5.74) is 0.184. The van der Waals surface area contributed by atoms with E-state index in [1.54, 1.807) is 0 Å². The first-order valence-electron chi connectivity index (χ1n) is 4.37. The molecule has 0 radical (unpaired) electrons. The minimum atomic E-state index is -3.49. The quantitative estimate of drug-likeness (QED) is 0.710. The summed E-state index contributed by atoms with van der Waals surface area (Å²) in [6.45, 7) is 0.424. The number of epoxide rings is 1. The Bertz CT molecular complexity index is 317. The Labute approximate surface area is 84.0 Å². The first kappa shape index (κ1) is 9.93. The topological polar surface area (TPSA) is 12.5 Å². The molecule has 1 saturated heterocycles. The van der Waals surface area contributed by atoms with E-state index < -0.39 is 16.4 Å². The van der Waals surface area contributed by atoms with Gasteiger partial charge in [0.1, 0.15) is 5.60 Å². The standard InChI is InChI=1S/C10H12F2OS/c1-14(11,12)8-10(7-13-10)9-5-3-2-4-6-9/h2-6H,7-8H2,1H3. The van der Waals surface area contributed by atoms with Crippen molar-refractivity contribution in [1.82, 2.24) is 0 Å². The molecule has 4 heteroatoms. The van der Waals surface area contributed by atoms with Crippen molar-refractivity contribution in [3.63, 3.8) is 0 Å². The molecule has 1 fully saturated rings.